The second-order valence-electron chi connectivity index (χ2n) is 3.65. The summed E-state index contributed by atoms with van der Waals surface area (Å²) in [6.07, 6.45) is 1.17. The SMILES string of the molecule is N#Cc1ccccc1NC(=O)CCSCCCO. The Morgan fingerprint density at radius 2 is 2.17 bits per heavy atom. The number of nitrogens with zero attached hydrogens (tertiary/aromatic N) is 1. The molecule has 0 heterocycles. The lowest BCUT2D eigenvalue weighted by atomic mass is 10.2. The summed E-state index contributed by atoms with van der Waals surface area (Å²) < 4.78 is 0. The molecule has 2 N–H and O–H groups in total. The Morgan fingerprint density at radius 1 is 1.39 bits per heavy atom. The highest BCUT2D eigenvalue weighted by Crippen LogP contribution is 2.14. The zero-order valence-electron chi connectivity index (χ0n) is 10.1. The van der Waals surface area contributed by atoms with E-state index in [9.17, 15) is 4.79 Å². The molecule has 0 spiro atoms. The van der Waals surface area contributed by atoms with E-state index in [1.54, 1.807) is 36.0 Å². The quantitative estimate of drug-likeness (QED) is 0.739. The minimum absolute atomic E-state index is 0.0887. The van der Waals surface area contributed by atoms with E-state index in [2.05, 4.69) is 5.32 Å². The van der Waals surface area contributed by atoms with E-state index in [1.807, 2.05) is 6.07 Å². The summed E-state index contributed by atoms with van der Waals surface area (Å²) in [5.41, 5.74) is 1.03. The molecule has 0 aliphatic heterocycles. The van der Waals surface area contributed by atoms with Crippen LogP contribution in [-0.2, 0) is 4.79 Å². The standard InChI is InChI=1S/C13H16N2O2S/c14-10-11-4-1-2-5-12(11)15-13(17)6-9-18-8-3-7-16/h1-2,4-5,16H,3,6-9H2,(H,15,17). The fraction of sp³-hybridized carbons (Fsp3) is 0.385. The summed E-state index contributed by atoms with van der Waals surface area (Å²) in [5, 5.41) is 20.2. The Labute approximate surface area is 111 Å². The van der Waals surface area contributed by atoms with E-state index >= 15 is 0 Å². The van der Waals surface area contributed by atoms with Crippen molar-refractivity contribution in [3.63, 3.8) is 0 Å². The number of aliphatic hydroxyl groups excluding tert-OH is 1. The summed E-state index contributed by atoms with van der Waals surface area (Å²) in [6.45, 7) is 0.189. The fourth-order valence-electron chi connectivity index (χ4n) is 1.34. The zero-order chi connectivity index (χ0) is 13.2. The van der Waals surface area contributed by atoms with E-state index in [4.69, 9.17) is 10.4 Å². The Kier molecular flexibility index (Phi) is 6.92. The van der Waals surface area contributed by atoms with Crippen LogP contribution < -0.4 is 5.32 Å². The Balaban J connectivity index is 2.34. The molecule has 5 heteroatoms. The second-order valence-corrected chi connectivity index (χ2v) is 4.87. The van der Waals surface area contributed by atoms with Crippen molar-refractivity contribution in [1.29, 1.82) is 5.26 Å². The van der Waals surface area contributed by atoms with Crippen LogP contribution in [0.2, 0.25) is 0 Å². The molecule has 18 heavy (non-hydrogen) atoms. The highest BCUT2D eigenvalue weighted by atomic mass is 32.2. The van der Waals surface area contributed by atoms with E-state index < -0.39 is 0 Å². The average Bonchev–Trinajstić information content (AvgIpc) is 2.39. The third-order valence-corrected chi connectivity index (χ3v) is 3.31. The van der Waals surface area contributed by atoms with Crippen LogP contribution in [0.15, 0.2) is 24.3 Å². The van der Waals surface area contributed by atoms with Crippen LogP contribution >= 0.6 is 11.8 Å². The number of hydrogen-bond donors (Lipinski definition) is 2. The van der Waals surface area contributed by atoms with Gasteiger partial charge in [0.15, 0.2) is 0 Å². The number of carbonyl (C=O) groups is 1. The minimum atomic E-state index is -0.0887. The van der Waals surface area contributed by atoms with Gasteiger partial charge in [-0.3, -0.25) is 4.79 Å². The molecule has 4 nitrogen and oxygen atoms in total. The van der Waals surface area contributed by atoms with Crippen molar-refractivity contribution in [2.75, 3.05) is 23.4 Å². The summed E-state index contributed by atoms with van der Waals surface area (Å²) in [5.74, 6) is 1.49. The maximum absolute atomic E-state index is 11.6. The molecule has 96 valence electrons. The number of hydrogen-bond acceptors (Lipinski definition) is 4. The number of rotatable bonds is 7. The van der Waals surface area contributed by atoms with Crippen LogP contribution in [0.3, 0.4) is 0 Å². The van der Waals surface area contributed by atoms with Crippen LogP contribution in [0.4, 0.5) is 5.69 Å². The first-order valence-electron chi connectivity index (χ1n) is 5.75. The summed E-state index contributed by atoms with van der Waals surface area (Å²) in [4.78, 5) is 11.6. The van der Waals surface area contributed by atoms with Crippen LogP contribution in [0.5, 0.6) is 0 Å². The molecule has 1 aromatic rings. The van der Waals surface area contributed by atoms with Crippen molar-refractivity contribution in [3.05, 3.63) is 29.8 Å². The van der Waals surface area contributed by atoms with Gasteiger partial charge >= 0.3 is 0 Å². The third kappa shape index (κ3) is 5.21. The molecule has 1 aromatic carbocycles. The molecule has 0 aliphatic carbocycles. The average molecular weight is 264 g/mol. The van der Waals surface area contributed by atoms with Crippen LogP contribution in [0.1, 0.15) is 18.4 Å². The number of nitrogens with one attached hydrogen (secondary N) is 1. The van der Waals surface area contributed by atoms with Crippen LogP contribution in [0.25, 0.3) is 0 Å². The number of nitriles is 1. The molecule has 0 unspecified atom stereocenters. The normalized spacial score (nSPS) is 9.78. The topological polar surface area (TPSA) is 73.1 Å². The van der Waals surface area contributed by atoms with Gasteiger partial charge in [-0.25, -0.2) is 0 Å². The van der Waals surface area contributed by atoms with Gasteiger partial charge in [-0.2, -0.15) is 17.0 Å². The van der Waals surface area contributed by atoms with Gasteiger partial charge < -0.3 is 10.4 Å². The molecule has 0 fully saturated rings. The first-order valence-corrected chi connectivity index (χ1v) is 6.91. The van der Waals surface area contributed by atoms with Crippen molar-refractivity contribution >= 4 is 23.4 Å². The smallest absolute Gasteiger partial charge is 0.225 e. The number of para-hydroxylation sites is 1. The lowest BCUT2D eigenvalue weighted by Gasteiger charge is -2.06. The van der Waals surface area contributed by atoms with Crippen molar-refractivity contribution in [2.45, 2.75) is 12.8 Å². The summed E-state index contributed by atoms with van der Waals surface area (Å²) >= 11 is 1.64. The number of thioether (sulfide) groups is 1. The van der Waals surface area contributed by atoms with Gasteiger partial charge in [0.1, 0.15) is 6.07 Å². The molecule has 0 saturated heterocycles. The summed E-state index contributed by atoms with van der Waals surface area (Å²) in [7, 11) is 0. The third-order valence-electron chi connectivity index (χ3n) is 2.24. The number of anilines is 1. The van der Waals surface area contributed by atoms with Gasteiger partial charge in [-0.1, -0.05) is 12.1 Å². The fourth-order valence-corrected chi connectivity index (χ4v) is 2.20. The number of amides is 1. The molecule has 0 atom stereocenters. The van der Waals surface area contributed by atoms with E-state index in [1.165, 1.54) is 0 Å². The van der Waals surface area contributed by atoms with Gasteiger partial charge in [0, 0.05) is 18.8 Å². The molecular weight excluding hydrogens is 248 g/mol. The van der Waals surface area contributed by atoms with E-state index in [0.717, 1.165) is 17.9 Å². The highest BCUT2D eigenvalue weighted by Gasteiger charge is 2.05. The van der Waals surface area contributed by atoms with Gasteiger partial charge in [0.2, 0.25) is 5.91 Å². The maximum Gasteiger partial charge on any atom is 0.225 e. The van der Waals surface area contributed by atoms with Crippen LogP contribution in [0, 0.1) is 11.3 Å². The van der Waals surface area contributed by atoms with Crippen molar-refractivity contribution < 1.29 is 9.90 Å². The monoisotopic (exact) mass is 264 g/mol. The molecule has 1 rings (SSSR count). The second kappa shape index (κ2) is 8.56. The van der Waals surface area contributed by atoms with Crippen molar-refractivity contribution in [1.82, 2.24) is 0 Å². The molecular formula is C13H16N2O2S. The predicted octanol–water partition coefficient (Wildman–Crippen LogP) is 2.00. The first kappa shape index (κ1) is 14.6. The van der Waals surface area contributed by atoms with E-state index in [0.29, 0.717) is 17.7 Å². The molecule has 1 amide bonds. The Bertz CT molecular complexity index is 429. The number of carbonyl (C=O) groups excluding carboxylic acids is 1. The van der Waals surface area contributed by atoms with Gasteiger partial charge in [0.05, 0.1) is 11.3 Å². The van der Waals surface area contributed by atoms with Crippen molar-refractivity contribution in [3.8, 4) is 6.07 Å². The highest BCUT2D eigenvalue weighted by molar-refractivity contribution is 7.99. The number of benzene rings is 1. The van der Waals surface area contributed by atoms with Gasteiger partial charge in [-0.05, 0) is 24.3 Å². The predicted molar refractivity (Wildman–Crippen MR) is 73.4 cm³/mol. The maximum atomic E-state index is 11.6. The molecule has 0 aromatic heterocycles. The lowest BCUT2D eigenvalue weighted by Crippen LogP contribution is -2.13. The van der Waals surface area contributed by atoms with Gasteiger partial charge in [0.25, 0.3) is 0 Å². The molecule has 0 aliphatic rings. The largest absolute Gasteiger partial charge is 0.396 e. The van der Waals surface area contributed by atoms with Gasteiger partial charge in [-0.15, -0.1) is 0 Å². The van der Waals surface area contributed by atoms with Crippen molar-refractivity contribution in [2.24, 2.45) is 0 Å². The molecule has 0 radical (unpaired) electrons. The Morgan fingerprint density at radius 3 is 2.89 bits per heavy atom. The summed E-state index contributed by atoms with van der Waals surface area (Å²) in [6, 6.07) is 8.97. The minimum Gasteiger partial charge on any atom is -0.396 e. The first-order chi connectivity index (χ1) is 8.77. The molecule has 0 saturated carbocycles. The lowest BCUT2D eigenvalue weighted by molar-refractivity contribution is -0.115. The number of aliphatic hydroxyl groups is 1. The van der Waals surface area contributed by atoms with Crippen LogP contribution in [-0.4, -0.2) is 29.1 Å². The Hall–Kier alpha value is -1.51. The zero-order valence-corrected chi connectivity index (χ0v) is 10.9. The molecule has 0 bridgehead atoms. The van der Waals surface area contributed by atoms with E-state index in [-0.39, 0.29) is 12.5 Å².